The van der Waals surface area contributed by atoms with Crippen LogP contribution in [0.3, 0.4) is 0 Å². The Balaban J connectivity index is 0.00000180. The first kappa shape index (κ1) is 16.1. The second-order valence-electron chi connectivity index (χ2n) is 4.44. The molecule has 108 valence electrons. The van der Waals surface area contributed by atoms with Crippen LogP contribution in [0.15, 0.2) is 18.2 Å². The van der Waals surface area contributed by atoms with Gasteiger partial charge < -0.3 is 19.9 Å². The molecule has 0 aliphatic carbocycles. The zero-order valence-electron chi connectivity index (χ0n) is 11.1. The van der Waals surface area contributed by atoms with Crippen molar-refractivity contribution in [3.63, 3.8) is 0 Å². The molecule has 1 aromatic carbocycles. The third-order valence-corrected chi connectivity index (χ3v) is 2.95. The lowest BCUT2D eigenvalue weighted by molar-refractivity contribution is 0.171. The zero-order valence-corrected chi connectivity index (χ0v) is 11.9. The number of hydrogen-bond acceptors (Lipinski definition) is 4. The molecule has 0 fully saturated rings. The molecule has 2 rings (SSSR count). The minimum atomic E-state index is 0. The fourth-order valence-corrected chi connectivity index (χ4v) is 1.97. The molecule has 0 aromatic heterocycles. The number of nitrogens with one attached hydrogen (secondary N) is 1. The maximum Gasteiger partial charge on any atom is 0.161 e. The number of benzene rings is 1. The Labute approximate surface area is 120 Å². The summed E-state index contributed by atoms with van der Waals surface area (Å²) < 4.78 is 11.0. The molecule has 0 bridgehead atoms. The van der Waals surface area contributed by atoms with Gasteiger partial charge in [0.2, 0.25) is 0 Å². The summed E-state index contributed by atoms with van der Waals surface area (Å²) in [6, 6.07) is 6.07. The first-order valence-electron chi connectivity index (χ1n) is 6.60. The van der Waals surface area contributed by atoms with E-state index in [4.69, 9.17) is 14.6 Å². The lowest BCUT2D eigenvalue weighted by Crippen LogP contribution is -2.17. The Morgan fingerprint density at radius 2 is 1.84 bits per heavy atom. The molecule has 0 amide bonds. The van der Waals surface area contributed by atoms with E-state index in [0.717, 1.165) is 43.9 Å². The van der Waals surface area contributed by atoms with Gasteiger partial charge in [0.15, 0.2) is 11.5 Å². The number of halogens is 1. The van der Waals surface area contributed by atoms with Gasteiger partial charge >= 0.3 is 0 Å². The molecule has 2 N–H and O–H groups in total. The van der Waals surface area contributed by atoms with Gasteiger partial charge in [0, 0.05) is 13.2 Å². The van der Waals surface area contributed by atoms with E-state index in [1.165, 1.54) is 5.56 Å². The van der Waals surface area contributed by atoms with Crippen molar-refractivity contribution in [1.82, 2.24) is 5.32 Å². The van der Waals surface area contributed by atoms with Gasteiger partial charge in [-0.1, -0.05) is 6.07 Å². The van der Waals surface area contributed by atoms with E-state index >= 15 is 0 Å². The Morgan fingerprint density at radius 1 is 1.05 bits per heavy atom. The highest BCUT2D eigenvalue weighted by Gasteiger charge is 2.11. The summed E-state index contributed by atoms with van der Waals surface area (Å²) in [7, 11) is 0. The molecule has 0 radical (unpaired) electrons. The number of fused-ring (bicyclic) bond motifs is 1. The molecule has 4 nitrogen and oxygen atoms in total. The summed E-state index contributed by atoms with van der Waals surface area (Å²) in [6.07, 6.45) is 3.07. The van der Waals surface area contributed by atoms with E-state index in [1.807, 2.05) is 12.1 Å². The Morgan fingerprint density at radius 3 is 2.63 bits per heavy atom. The molecular weight excluding hydrogens is 266 g/mol. The van der Waals surface area contributed by atoms with Crippen LogP contribution >= 0.6 is 12.4 Å². The Hall–Kier alpha value is -0.970. The summed E-state index contributed by atoms with van der Waals surface area (Å²) >= 11 is 0. The van der Waals surface area contributed by atoms with Crippen molar-refractivity contribution in [2.75, 3.05) is 26.4 Å². The van der Waals surface area contributed by atoms with Crippen LogP contribution in [0.2, 0.25) is 0 Å². The molecule has 1 heterocycles. The van der Waals surface area contributed by atoms with Gasteiger partial charge in [0.25, 0.3) is 0 Å². The average molecular weight is 288 g/mol. The molecule has 1 aliphatic rings. The molecule has 0 spiro atoms. The Bertz CT molecular complexity index is 374. The molecule has 19 heavy (non-hydrogen) atoms. The van der Waals surface area contributed by atoms with Crippen molar-refractivity contribution in [2.24, 2.45) is 0 Å². The van der Waals surface area contributed by atoms with Gasteiger partial charge in [-0.3, -0.25) is 0 Å². The van der Waals surface area contributed by atoms with Crippen molar-refractivity contribution in [3.05, 3.63) is 23.8 Å². The Kier molecular flexibility index (Phi) is 7.63. The molecule has 0 saturated heterocycles. The largest absolute Gasteiger partial charge is 0.486 e. The number of unbranched alkanes of at least 4 members (excludes halogenated alkanes) is 2. The molecule has 0 atom stereocenters. The van der Waals surface area contributed by atoms with Gasteiger partial charge in [0.1, 0.15) is 13.2 Å². The first-order chi connectivity index (χ1) is 8.90. The molecule has 1 aromatic rings. The summed E-state index contributed by atoms with van der Waals surface area (Å²) in [5.74, 6) is 1.69. The second kappa shape index (κ2) is 9.02. The van der Waals surface area contributed by atoms with Crippen LogP contribution in [0.1, 0.15) is 24.8 Å². The average Bonchev–Trinajstić information content (AvgIpc) is 2.42. The van der Waals surface area contributed by atoms with E-state index < -0.39 is 0 Å². The lowest BCUT2D eigenvalue weighted by Gasteiger charge is -2.19. The standard InChI is InChI=1S/C14H21NO3.ClH/c16-7-3-1-2-6-15-11-12-4-5-13-14(10-12)18-9-8-17-13;/h4-5,10,15-16H,1-3,6-9,11H2;1H. The number of aliphatic hydroxyl groups is 1. The third kappa shape index (κ3) is 5.27. The van der Waals surface area contributed by atoms with Gasteiger partial charge in [-0.05, 0) is 43.5 Å². The van der Waals surface area contributed by atoms with Gasteiger partial charge in [-0.25, -0.2) is 0 Å². The SMILES string of the molecule is Cl.OCCCCCNCc1ccc2c(c1)OCCO2. The van der Waals surface area contributed by atoms with E-state index in [2.05, 4.69) is 11.4 Å². The number of hydrogen-bond donors (Lipinski definition) is 2. The topological polar surface area (TPSA) is 50.7 Å². The first-order valence-corrected chi connectivity index (χ1v) is 6.60. The van der Waals surface area contributed by atoms with Crippen LogP contribution in [0.5, 0.6) is 11.5 Å². The minimum Gasteiger partial charge on any atom is -0.486 e. The maximum atomic E-state index is 8.67. The monoisotopic (exact) mass is 287 g/mol. The minimum absolute atomic E-state index is 0. The fourth-order valence-electron chi connectivity index (χ4n) is 1.97. The molecule has 0 saturated carbocycles. The van der Waals surface area contributed by atoms with Crippen molar-refractivity contribution >= 4 is 12.4 Å². The van der Waals surface area contributed by atoms with Gasteiger partial charge in [0.05, 0.1) is 0 Å². The van der Waals surface area contributed by atoms with Gasteiger partial charge in [-0.2, -0.15) is 0 Å². The molecule has 5 heteroatoms. The van der Waals surface area contributed by atoms with Crippen LogP contribution in [0, 0.1) is 0 Å². The van der Waals surface area contributed by atoms with Crippen LogP contribution < -0.4 is 14.8 Å². The van der Waals surface area contributed by atoms with Crippen LogP contribution in [0.4, 0.5) is 0 Å². The number of rotatable bonds is 7. The number of ether oxygens (including phenoxy) is 2. The predicted molar refractivity (Wildman–Crippen MR) is 77.3 cm³/mol. The maximum absolute atomic E-state index is 8.67. The third-order valence-electron chi connectivity index (χ3n) is 2.95. The number of aliphatic hydroxyl groups excluding tert-OH is 1. The van der Waals surface area contributed by atoms with E-state index in [1.54, 1.807) is 0 Å². The van der Waals surface area contributed by atoms with Crippen molar-refractivity contribution in [2.45, 2.75) is 25.8 Å². The van der Waals surface area contributed by atoms with E-state index in [9.17, 15) is 0 Å². The van der Waals surface area contributed by atoms with E-state index in [0.29, 0.717) is 19.8 Å². The normalized spacial score (nSPS) is 12.9. The van der Waals surface area contributed by atoms with Crippen molar-refractivity contribution < 1.29 is 14.6 Å². The summed E-state index contributed by atoms with van der Waals surface area (Å²) in [5, 5.41) is 12.1. The second-order valence-corrected chi connectivity index (χ2v) is 4.44. The van der Waals surface area contributed by atoms with Crippen LogP contribution in [0.25, 0.3) is 0 Å². The van der Waals surface area contributed by atoms with Crippen molar-refractivity contribution in [3.8, 4) is 11.5 Å². The zero-order chi connectivity index (χ0) is 12.6. The summed E-state index contributed by atoms with van der Waals surface area (Å²) in [4.78, 5) is 0. The molecular formula is C14H22ClNO3. The summed E-state index contributed by atoms with van der Waals surface area (Å²) in [6.45, 7) is 3.38. The smallest absolute Gasteiger partial charge is 0.161 e. The highest BCUT2D eigenvalue weighted by atomic mass is 35.5. The van der Waals surface area contributed by atoms with Gasteiger partial charge in [-0.15, -0.1) is 12.4 Å². The lowest BCUT2D eigenvalue weighted by atomic mass is 10.2. The molecule has 0 unspecified atom stereocenters. The summed E-state index contributed by atoms with van der Waals surface area (Å²) in [5.41, 5.74) is 1.21. The molecule has 1 aliphatic heterocycles. The van der Waals surface area contributed by atoms with Crippen molar-refractivity contribution in [1.29, 1.82) is 0 Å². The highest BCUT2D eigenvalue weighted by Crippen LogP contribution is 2.30. The van der Waals surface area contributed by atoms with Crippen LogP contribution in [-0.4, -0.2) is 31.5 Å². The predicted octanol–water partition coefficient (Wildman–Crippen LogP) is 2.13. The quantitative estimate of drug-likeness (QED) is 0.755. The highest BCUT2D eigenvalue weighted by molar-refractivity contribution is 5.85. The fraction of sp³-hybridized carbons (Fsp3) is 0.571. The van der Waals surface area contributed by atoms with E-state index in [-0.39, 0.29) is 12.4 Å². The van der Waals surface area contributed by atoms with Crippen LogP contribution in [-0.2, 0) is 6.54 Å².